The smallest absolute Gasteiger partial charge is 0.270 e. The van der Waals surface area contributed by atoms with Crippen LogP contribution >= 0.6 is 0 Å². The summed E-state index contributed by atoms with van der Waals surface area (Å²) < 4.78 is 0. The monoisotopic (exact) mass is 357 g/mol. The van der Waals surface area contributed by atoms with E-state index in [0.29, 0.717) is 11.4 Å². The quantitative estimate of drug-likeness (QED) is 0.644. The number of hydrogen-bond acceptors (Lipinski definition) is 7. The second-order valence-electron chi connectivity index (χ2n) is 6.55. The van der Waals surface area contributed by atoms with Crippen molar-refractivity contribution in [3.05, 3.63) is 46.1 Å². The lowest BCUT2D eigenvalue weighted by Gasteiger charge is -2.38. The zero-order valence-corrected chi connectivity index (χ0v) is 15.0. The van der Waals surface area contributed by atoms with Crippen LogP contribution in [0.3, 0.4) is 0 Å². The minimum absolute atomic E-state index is 0.0285. The molecule has 1 atom stereocenters. The zero-order valence-electron chi connectivity index (χ0n) is 15.0. The van der Waals surface area contributed by atoms with Crippen molar-refractivity contribution in [3.8, 4) is 11.4 Å². The highest BCUT2D eigenvalue weighted by Crippen LogP contribution is 2.24. The molecular weight excluding hydrogens is 334 g/mol. The highest BCUT2D eigenvalue weighted by Gasteiger charge is 2.22. The van der Waals surface area contributed by atoms with Gasteiger partial charge in [-0.25, -0.2) is 9.97 Å². The van der Waals surface area contributed by atoms with Crippen LogP contribution in [-0.2, 0) is 0 Å². The van der Waals surface area contributed by atoms with E-state index >= 15 is 0 Å². The van der Waals surface area contributed by atoms with Crippen molar-refractivity contribution in [1.29, 1.82) is 0 Å². The van der Waals surface area contributed by atoms with Crippen LogP contribution in [0.1, 0.15) is 12.6 Å². The number of hydrogen-bond donors (Lipinski definition) is 1. The number of nitrogens with zero attached hydrogens (tertiary/aromatic N) is 5. The summed E-state index contributed by atoms with van der Waals surface area (Å²) in [6.07, 6.45) is 0. The van der Waals surface area contributed by atoms with Crippen LogP contribution in [0.15, 0.2) is 30.3 Å². The molecule has 0 saturated carbocycles. The predicted octanol–water partition coefficient (Wildman–Crippen LogP) is 1.86. The van der Waals surface area contributed by atoms with Crippen LogP contribution in [0.5, 0.6) is 0 Å². The lowest BCUT2D eigenvalue weighted by Crippen LogP contribution is -2.50. The van der Waals surface area contributed by atoms with E-state index in [9.17, 15) is 15.2 Å². The number of nitro groups is 1. The maximum atomic E-state index is 11.0. The number of piperazine rings is 1. The second-order valence-corrected chi connectivity index (χ2v) is 6.55. The van der Waals surface area contributed by atoms with Gasteiger partial charge in [-0.2, -0.15) is 0 Å². The van der Waals surface area contributed by atoms with Gasteiger partial charge in [0, 0.05) is 61.7 Å². The Bertz CT molecular complexity index is 790. The van der Waals surface area contributed by atoms with Crippen molar-refractivity contribution < 1.29 is 10.0 Å². The van der Waals surface area contributed by atoms with Gasteiger partial charge in [0.25, 0.3) is 5.69 Å². The molecule has 26 heavy (non-hydrogen) atoms. The average Bonchev–Trinajstić information content (AvgIpc) is 2.67. The van der Waals surface area contributed by atoms with Gasteiger partial charge in [-0.3, -0.25) is 15.0 Å². The van der Waals surface area contributed by atoms with Crippen LogP contribution in [0.25, 0.3) is 11.4 Å². The average molecular weight is 357 g/mol. The van der Waals surface area contributed by atoms with E-state index in [1.54, 1.807) is 12.1 Å². The van der Waals surface area contributed by atoms with Crippen molar-refractivity contribution in [2.75, 3.05) is 37.7 Å². The Kier molecular flexibility index (Phi) is 5.43. The third-order valence-electron chi connectivity index (χ3n) is 4.68. The maximum absolute atomic E-state index is 11.0. The molecule has 0 amide bonds. The summed E-state index contributed by atoms with van der Waals surface area (Å²) in [6, 6.07) is 8.48. The number of aliphatic hydroxyl groups is 1. The van der Waals surface area contributed by atoms with Gasteiger partial charge in [0.2, 0.25) is 0 Å². The van der Waals surface area contributed by atoms with Crippen molar-refractivity contribution in [2.45, 2.75) is 19.9 Å². The minimum atomic E-state index is -0.415. The predicted molar refractivity (Wildman–Crippen MR) is 99.2 cm³/mol. The first-order chi connectivity index (χ1) is 12.5. The van der Waals surface area contributed by atoms with Crippen LogP contribution in [0.4, 0.5) is 11.5 Å². The lowest BCUT2D eigenvalue weighted by molar-refractivity contribution is -0.384. The van der Waals surface area contributed by atoms with Gasteiger partial charge >= 0.3 is 0 Å². The fraction of sp³-hybridized carbons (Fsp3) is 0.444. The van der Waals surface area contributed by atoms with Crippen LogP contribution in [0.2, 0.25) is 0 Å². The van der Waals surface area contributed by atoms with E-state index in [4.69, 9.17) is 0 Å². The second kappa shape index (κ2) is 7.76. The van der Waals surface area contributed by atoms with Gasteiger partial charge in [0.05, 0.1) is 11.5 Å². The summed E-state index contributed by atoms with van der Waals surface area (Å²) in [5, 5.41) is 20.3. The molecule has 0 spiro atoms. The van der Waals surface area contributed by atoms with Crippen LogP contribution < -0.4 is 4.90 Å². The molecule has 3 rings (SSSR count). The molecule has 2 heterocycles. The number of aryl methyl sites for hydroxylation is 1. The van der Waals surface area contributed by atoms with Gasteiger partial charge in [-0.1, -0.05) is 12.1 Å². The Hall–Kier alpha value is -2.58. The molecule has 1 fully saturated rings. The first-order valence-corrected chi connectivity index (χ1v) is 8.68. The molecule has 1 aromatic heterocycles. The van der Waals surface area contributed by atoms with Crippen molar-refractivity contribution in [1.82, 2.24) is 14.9 Å². The number of aromatic nitrogens is 2. The molecule has 0 aliphatic carbocycles. The first-order valence-electron chi connectivity index (χ1n) is 8.68. The summed E-state index contributed by atoms with van der Waals surface area (Å²) in [6.45, 7) is 7.42. The molecule has 8 heteroatoms. The Morgan fingerprint density at radius 2 is 1.96 bits per heavy atom. The third kappa shape index (κ3) is 3.97. The molecule has 2 aromatic rings. The molecule has 138 valence electrons. The molecule has 1 saturated heterocycles. The molecule has 8 nitrogen and oxygen atoms in total. The maximum Gasteiger partial charge on any atom is 0.270 e. The Morgan fingerprint density at radius 1 is 1.23 bits per heavy atom. The number of aliphatic hydroxyl groups excluding tert-OH is 1. The molecule has 1 aliphatic rings. The normalized spacial score (nSPS) is 16.5. The first kappa shape index (κ1) is 18.2. The number of anilines is 1. The summed E-state index contributed by atoms with van der Waals surface area (Å²) >= 11 is 0. The molecule has 1 N–H and O–H groups in total. The van der Waals surface area contributed by atoms with Gasteiger partial charge in [0.1, 0.15) is 5.82 Å². The van der Waals surface area contributed by atoms with Crippen molar-refractivity contribution >= 4 is 11.5 Å². The summed E-state index contributed by atoms with van der Waals surface area (Å²) in [5.74, 6) is 1.32. The Labute approximate surface area is 152 Å². The summed E-state index contributed by atoms with van der Waals surface area (Å²) in [4.78, 5) is 24.1. The van der Waals surface area contributed by atoms with Gasteiger partial charge in [-0.15, -0.1) is 0 Å². The Balaban J connectivity index is 1.83. The van der Waals surface area contributed by atoms with E-state index in [1.807, 2.05) is 19.9 Å². The van der Waals surface area contributed by atoms with Crippen molar-refractivity contribution in [2.24, 2.45) is 0 Å². The van der Waals surface area contributed by atoms with Crippen molar-refractivity contribution in [3.63, 3.8) is 0 Å². The van der Waals surface area contributed by atoms with E-state index < -0.39 is 4.92 Å². The standard InChI is InChI=1S/C18H23N5O3/c1-13-10-17(22-8-6-21(7-9-22)14(2)12-24)20-18(19-13)15-4-3-5-16(11-15)23(25)26/h3-5,10-11,14,24H,6-9,12H2,1-2H3. The van der Waals surface area contributed by atoms with Gasteiger partial charge < -0.3 is 10.0 Å². The number of nitro benzene ring substituents is 1. The molecule has 0 bridgehead atoms. The van der Waals surface area contributed by atoms with E-state index in [0.717, 1.165) is 37.7 Å². The van der Waals surface area contributed by atoms with E-state index in [1.165, 1.54) is 12.1 Å². The minimum Gasteiger partial charge on any atom is -0.395 e. The third-order valence-corrected chi connectivity index (χ3v) is 4.68. The Morgan fingerprint density at radius 3 is 2.62 bits per heavy atom. The van der Waals surface area contributed by atoms with E-state index in [2.05, 4.69) is 19.8 Å². The molecule has 1 aliphatic heterocycles. The zero-order chi connectivity index (χ0) is 18.7. The number of benzene rings is 1. The summed E-state index contributed by atoms with van der Waals surface area (Å²) in [5.41, 5.74) is 1.49. The molecule has 1 aromatic carbocycles. The summed E-state index contributed by atoms with van der Waals surface area (Å²) in [7, 11) is 0. The van der Waals surface area contributed by atoms with Gasteiger partial charge in [-0.05, 0) is 13.8 Å². The van der Waals surface area contributed by atoms with Crippen LogP contribution in [-0.4, -0.2) is 63.7 Å². The lowest BCUT2D eigenvalue weighted by atomic mass is 10.2. The fourth-order valence-electron chi connectivity index (χ4n) is 3.11. The van der Waals surface area contributed by atoms with E-state index in [-0.39, 0.29) is 18.3 Å². The van der Waals surface area contributed by atoms with Crippen LogP contribution in [0, 0.1) is 17.0 Å². The number of non-ortho nitro benzene ring substituents is 1. The molecule has 0 radical (unpaired) electrons. The topological polar surface area (TPSA) is 95.6 Å². The number of rotatable bonds is 5. The highest BCUT2D eigenvalue weighted by molar-refractivity contribution is 5.61. The largest absolute Gasteiger partial charge is 0.395 e. The highest BCUT2D eigenvalue weighted by atomic mass is 16.6. The molecular formula is C18H23N5O3. The molecule has 1 unspecified atom stereocenters. The SMILES string of the molecule is Cc1cc(N2CCN(C(C)CO)CC2)nc(-c2cccc([N+](=O)[O-])c2)n1. The fourth-order valence-corrected chi connectivity index (χ4v) is 3.11. The van der Waals surface area contributed by atoms with Gasteiger partial charge in [0.15, 0.2) is 5.82 Å².